The monoisotopic (exact) mass is 323 g/mol. The first-order valence-electron chi connectivity index (χ1n) is 6.85. The van der Waals surface area contributed by atoms with Gasteiger partial charge in [0, 0.05) is 12.5 Å². The third-order valence-electron chi connectivity index (χ3n) is 3.12. The van der Waals surface area contributed by atoms with Crippen LogP contribution >= 0.6 is 11.8 Å². The molecule has 0 N–H and O–H groups in total. The number of esters is 1. The molecule has 1 aliphatic heterocycles. The maximum absolute atomic E-state index is 12.4. The van der Waals surface area contributed by atoms with Crippen LogP contribution in [0.2, 0.25) is 0 Å². The van der Waals surface area contributed by atoms with Crippen molar-refractivity contribution in [2.75, 3.05) is 24.4 Å². The van der Waals surface area contributed by atoms with E-state index in [-0.39, 0.29) is 30.0 Å². The Labute approximate surface area is 132 Å². The molecule has 0 aliphatic carbocycles. The molecule has 22 heavy (non-hydrogen) atoms. The van der Waals surface area contributed by atoms with Crippen LogP contribution in [0.5, 0.6) is 5.75 Å². The lowest BCUT2D eigenvalue weighted by Crippen LogP contribution is -2.31. The van der Waals surface area contributed by atoms with Gasteiger partial charge in [0.25, 0.3) is 0 Å². The van der Waals surface area contributed by atoms with Gasteiger partial charge in [-0.25, -0.2) is 4.90 Å². The van der Waals surface area contributed by atoms with E-state index in [1.54, 1.807) is 31.2 Å². The molecule has 0 aromatic heterocycles. The Morgan fingerprint density at radius 2 is 2.18 bits per heavy atom. The van der Waals surface area contributed by atoms with Crippen LogP contribution in [0.15, 0.2) is 24.3 Å². The van der Waals surface area contributed by atoms with Crippen molar-refractivity contribution in [3.05, 3.63) is 24.3 Å². The highest BCUT2D eigenvalue weighted by molar-refractivity contribution is 8.01. The number of methoxy groups -OCH3 is 1. The zero-order valence-electron chi connectivity index (χ0n) is 12.4. The van der Waals surface area contributed by atoms with Crippen LogP contribution in [-0.4, -0.2) is 42.5 Å². The number of carbonyl (C=O) groups excluding carboxylic acids is 3. The lowest BCUT2D eigenvalue weighted by Gasteiger charge is -2.15. The van der Waals surface area contributed by atoms with Gasteiger partial charge in [-0.3, -0.25) is 14.4 Å². The molecule has 0 spiro atoms. The third kappa shape index (κ3) is 3.59. The van der Waals surface area contributed by atoms with E-state index in [2.05, 4.69) is 0 Å². The molecule has 1 fully saturated rings. The average Bonchev–Trinajstić information content (AvgIpc) is 2.80. The van der Waals surface area contributed by atoms with Gasteiger partial charge in [-0.15, -0.1) is 11.8 Å². The van der Waals surface area contributed by atoms with Crippen molar-refractivity contribution in [3.63, 3.8) is 0 Å². The average molecular weight is 323 g/mol. The fourth-order valence-corrected chi connectivity index (χ4v) is 3.06. The molecular weight excluding hydrogens is 306 g/mol. The highest BCUT2D eigenvalue weighted by Gasteiger charge is 2.40. The molecule has 1 aromatic carbocycles. The highest BCUT2D eigenvalue weighted by atomic mass is 32.2. The Morgan fingerprint density at radius 3 is 2.86 bits per heavy atom. The smallest absolute Gasteiger partial charge is 0.315 e. The fraction of sp³-hybridized carbons (Fsp3) is 0.400. The van der Waals surface area contributed by atoms with Crippen molar-refractivity contribution in [1.82, 2.24) is 0 Å². The number of anilines is 1. The molecule has 0 radical (unpaired) electrons. The second kappa shape index (κ2) is 7.31. The summed E-state index contributed by atoms with van der Waals surface area (Å²) in [5.74, 6) is -0.343. The van der Waals surface area contributed by atoms with Crippen LogP contribution < -0.4 is 9.64 Å². The van der Waals surface area contributed by atoms with Gasteiger partial charge in [-0.1, -0.05) is 6.07 Å². The molecule has 2 amide bonds. The van der Waals surface area contributed by atoms with Crippen LogP contribution in [0, 0.1) is 0 Å². The molecule has 1 saturated heterocycles. The molecule has 1 aliphatic rings. The Balaban J connectivity index is 2.06. The van der Waals surface area contributed by atoms with Gasteiger partial charge in [-0.05, 0) is 19.1 Å². The second-order valence-corrected chi connectivity index (χ2v) is 5.77. The molecule has 6 nitrogen and oxygen atoms in total. The summed E-state index contributed by atoms with van der Waals surface area (Å²) in [5.41, 5.74) is 0.480. The number of rotatable bonds is 6. The molecular formula is C15H17NO5S. The van der Waals surface area contributed by atoms with Gasteiger partial charge in [-0.2, -0.15) is 0 Å². The lowest BCUT2D eigenvalue weighted by molar-refractivity contribution is -0.139. The molecule has 118 valence electrons. The standard InChI is InChI=1S/C15H17NO5S/c1-3-21-14(18)9-22-12-8-13(17)16(15(12)19)10-5-4-6-11(7-10)20-2/h4-7,12H,3,8-9H2,1-2H3/t12-/m0/s1. The summed E-state index contributed by atoms with van der Waals surface area (Å²) in [6.45, 7) is 2.02. The van der Waals surface area contributed by atoms with Crippen LogP contribution in [0.25, 0.3) is 0 Å². The van der Waals surface area contributed by atoms with Gasteiger partial charge in [0.1, 0.15) is 5.75 Å². The lowest BCUT2D eigenvalue weighted by atomic mass is 10.3. The maximum atomic E-state index is 12.4. The number of carbonyl (C=O) groups is 3. The number of amides is 2. The van der Waals surface area contributed by atoms with E-state index < -0.39 is 5.25 Å². The topological polar surface area (TPSA) is 72.9 Å². The first-order chi connectivity index (χ1) is 10.6. The van der Waals surface area contributed by atoms with E-state index in [4.69, 9.17) is 9.47 Å². The van der Waals surface area contributed by atoms with Crippen molar-refractivity contribution in [2.24, 2.45) is 0 Å². The van der Waals surface area contributed by atoms with Crippen molar-refractivity contribution in [1.29, 1.82) is 0 Å². The zero-order valence-corrected chi connectivity index (χ0v) is 13.2. The Hall–Kier alpha value is -2.02. The molecule has 0 unspecified atom stereocenters. The summed E-state index contributed by atoms with van der Waals surface area (Å²) in [5, 5.41) is -0.553. The SMILES string of the molecule is CCOC(=O)CS[C@H]1CC(=O)N(c2cccc(OC)c2)C1=O. The van der Waals surface area contributed by atoms with Gasteiger partial charge in [0.05, 0.1) is 30.4 Å². The predicted octanol–water partition coefficient (Wildman–Crippen LogP) is 1.62. The minimum atomic E-state index is -0.553. The summed E-state index contributed by atoms with van der Waals surface area (Å²) in [6, 6.07) is 6.76. The van der Waals surface area contributed by atoms with Gasteiger partial charge in [0.15, 0.2) is 0 Å². The number of imide groups is 1. The van der Waals surface area contributed by atoms with Crippen LogP contribution in [0.3, 0.4) is 0 Å². The number of nitrogens with zero attached hydrogens (tertiary/aromatic N) is 1. The Morgan fingerprint density at radius 1 is 1.41 bits per heavy atom. The fourth-order valence-electron chi connectivity index (χ4n) is 2.13. The second-order valence-electron chi connectivity index (χ2n) is 4.58. The molecule has 1 atom stereocenters. The predicted molar refractivity (Wildman–Crippen MR) is 83.0 cm³/mol. The quantitative estimate of drug-likeness (QED) is 0.585. The molecule has 1 aromatic rings. The molecule has 1 heterocycles. The normalized spacial score (nSPS) is 17.7. The largest absolute Gasteiger partial charge is 0.497 e. The van der Waals surface area contributed by atoms with Crippen LogP contribution in [-0.2, 0) is 19.1 Å². The third-order valence-corrected chi connectivity index (χ3v) is 4.30. The summed E-state index contributed by atoms with van der Waals surface area (Å²) in [7, 11) is 1.52. The maximum Gasteiger partial charge on any atom is 0.315 e. The number of ether oxygens (including phenoxy) is 2. The summed E-state index contributed by atoms with van der Waals surface area (Å²) >= 11 is 1.13. The summed E-state index contributed by atoms with van der Waals surface area (Å²) in [6.07, 6.45) is 0.0834. The number of hydrogen-bond acceptors (Lipinski definition) is 6. The Kier molecular flexibility index (Phi) is 5.43. The molecule has 7 heteroatoms. The van der Waals surface area contributed by atoms with Crippen molar-refractivity contribution in [3.8, 4) is 5.75 Å². The van der Waals surface area contributed by atoms with E-state index in [0.29, 0.717) is 18.0 Å². The van der Waals surface area contributed by atoms with E-state index in [0.717, 1.165) is 16.7 Å². The number of benzene rings is 1. The van der Waals surface area contributed by atoms with Crippen LogP contribution in [0.1, 0.15) is 13.3 Å². The minimum Gasteiger partial charge on any atom is -0.497 e. The number of thioether (sulfide) groups is 1. The molecule has 0 bridgehead atoms. The van der Waals surface area contributed by atoms with E-state index >= 15 is 0 Å². The van der Waals surface area contributed by atoms with Crippen molar-refractivity contribution >= 4 is 35.2 Å². The summed E-state index contributed by atoms with van der Waals surface area (Å²) in [4.78, 5) is 37.0. The van der Waals surface area contributed by atoms with E-state index in [1.165, 1.54) is 7.11 Å². The number of hydrogen-bond donors (Lipinski definition) is 0. The molecule has 0 saturated carbocycles. The van der Waals surface area contributed by atoms with E-state index in [9.17, 15) is 14.4 Å². The van der Waals surface area contributed by atoms with Crippen LogP contribution in [0.4, 0.5) is 5.69 Å². The van der Waals surface area contributed by atoms with Gasteiger partial charge >= 0.3 is 5.97 Å². The zero-order chi connectivity index (χ0) is 16.1. The van der Waals surface area contributed by atoms with Gasteiger partial charge < -0.3 is 9.47 Å². The van der Waals surface area contributed by atoms with E-state index in [1.807, 2.05) is 0 Å². The minimum absolute atomic E-state index is 0.0590. The first-order valence-corrected chi connectivity index (χ1v) is 7.89. The molecule has 2 rings (SSSR count). The Bertz CT molecular complexity index is 589. The summed E-state index contributed by atoms with van der Waals surface area (Å²) < 4.78 is 9.92. The first kappa shape index (κ1) is 16.4. The van der Waals surface area contributed by atoms with Gasteiger partial charge in [0.2, 0.25) is 11.8 Å². The van der Waals surface area contributed by atoms with Crippen molar-refractivity contribution in [2.45, 2.75) is 18.6 Å². The highest BCUT2D eigenvalue weighted by Crippen LogP contribution is 2.31. The van der Waals surface area contributed by atoms with Crippen molar-refractivity contribution < 1.29 is 23.9 Å².